The second-order valence-corrected chi connectivity index (χ2v) is 7.03. The molecule has 0 unspecified atom stereocenters. The van der Waals surface area contributed by atoms with Crippen molar-refractivity contribution in [3.05, 3.63) is 47.3 Å². The molecule has 4 nitrogen and oxygen atoms in total. The molecule has 0 aliphatic carbocycles. The van der Waals surface area contributed by atoms with E-state index in [0.717, 1.165) is 46.1 Å². The van der Waals surface area contributed by atoms with Crippen molar-refractivity contribution in [3.8, 4) is 0 Å². The number of aromatic nitrogens is 3. The van der Waals surface area contributed by atoms with Gasteiger partial charge in [-0.2, -0.15) is 0 Å². The van der Waals surface area contributed by atoms with E-state index in [9.17, 15) is 4.79 Å². The Kier molecular flexibility index (Phi) is 4.81. The van der Waals surface area contributed by atoms with E-state index in [-0.39, 0.29) is 5.78 Å². The number of carbonyl (C=O) groups is 1. The molecule has 0 aliphatic rings. The summed E-state index contributed by atoms with van der Waals surface area (Å²) in [6.07, 6.45) is 1.04. The number of para-hydroxylation sites is 2. The van der Waals surface area contributed by atoms with Crippen molar-refractivity contribution < 1.29 is 4.79 Å². The molecule has 0 radical (unpaired) electrons. The van der Waals surface area contributed by atoms with Gasteiger partial charge in [0.1, 0.15) is 0 Å². The van der Waals surface area contributed by atoms with Crippen molar-refractivity contribution >= 4 is 28.6 Å². The quantitative estimate of drug-likeness (QED) is 0.493. The number of Topliss-reactive ketones (excluding diaryl/α,β-unsaturated/α-hetero) is 1. The molecule has 0 N–H and O–H groups in total. The summed E-state index contributed by atoms with van der Waals surface area (Å²) in [5.41, 5.74) is 5.09. The highest BCUT2D eigenvalue weighted by molar-refractivity contribution is 7.99. The van der Waals surface area contributed by atoms with Gasteiger partial charge in [0.2, 0.25) is 0 Å². The van der Waals surface area contributed by atoms with Crippen LogP contribution in [-0.4, -0.2) is 25.7 Å². The highest BCUT2D eigenvalue weighted by Crippen LogP contribution is 2.26. The number of hydrogen-bond acceptors (Lipinski definition) is 3. The zero-order valence-electron chi connectivity index (χ0n) is 14.7. The Morgan fingerprint density at radius 1 is 1.25 bits per heavy atom. The lowest BCUT2D eigenvalue weighted by Gasteiger charge is -2.07. The molecule has 0 amide bonds. The van der Waals surface area contributed by atoms with Crippen LogP contribution in [0.3, 0.4) is 0 Å². The van der Waals surface area contributed by atoms with E-state index >= 15 is 0 Å². The highest BCUT2D eigenvalue weighted by Gasteiger charge is 2.17. The smallest absolute Gasteiger partial charge is 0.175 e. The average molecular weight is 341 g/mol. The molecule has 5 heteroatoms. The van der Waals surface area contributed by atoms with Crippen LogP contribution in [0, 0.1) is 13.8 Å². The molecular weight excluding hydrogens is 318 g/mol. The summed E-state index contributed by atoms with van der Waals surface area (Å²) < 4.78 is 4.28. The van der Waals surface area contributed by atoms with Crippen LogP contribution in [0.4, 0.5) is 0 Å². The Bertz CT molecular complexity index is 892. The molecule has 0 saturated heterocycles. The van der Waals surface area contributed by atoms with Gasteiger partial charge in [-0.1, -0.05) is 30.8 Å². The van der Waals surface area contributed by atoms with Crippen molar-refractivity contribution in [2.75, 3.05) is 5.75 Å². The van der Waals surface area contributed by atoms with Gasteiger partial charge >= 0.3 is 0 Å². The zero-order valence-corrected chi connectivity index (χ0v) is 15.5. The maximum Gasteiger partial charge on any atom is 0.175 e. The van der Waals surface area contributed by atoms with E-state index in [1.165, 1.54) is 11.8 Å². The SMILES string of the molecule is CCCn1c(SCC(=O)c2cc(C)n(C)c2C)nc2ccccc21. The molecule has 1 aromatic carbocycles. The summed E-state index contributed by atoms with van der Waals surface area (Å²) >= 11 is 1.53. The fourth-order valence-corrected chi connectivity index (χ4v) is 3.87. The first-order chi connectivity index (χ1) is 11.5. The van der Waals surface area contributed by atoms with E-state index < -0.39 is 0 Å². The Morgan fingerprint density at radius 3 is 2.67 bits per heavy atom. The topological polar surface area (TPSA) is 39.8 Å². The van der Waals surface area contributed by atoms with E-state index in [2.05, 4.69) is 22.1 Å². The van der Waals surface area contributed by atoms with Gasteiger partial charge in [0.05, 0.1) is 16.8 Å². The van der Waals surface area contributed by atoms with Crippen LogP contribution in [0.2, 0.25) is 0 Å². The molecule has 126 valence electrons. The normalized spacial score (nSPS) is 11.3. The lowest BCUT2D eigenvalue weighted by molar-refractivity contribution is 0.102. The Morgan fingerprint density at radius 2 is 2.00 bits per heavy atom. The molecule has 2 heterocycles. The third kappa shape index (κ3) is 3.00. The van der Waals surface area contributed by atoms with Crippen LogP contribution in [0.1, 0.15) is 35.1 Å². The fourth-order valence-electron chi connectivity index (χ4n) is 2.95. The highest BCUT2D eigenvalue weighted by atomic mass is 32.2. The summed E-state index contributed by atoms with van der Waals surface area (Å²) in [6, 6.07) is 10.1. The molecule has 3 aromatic rings. The predicted octanol–water partition coefficient (Wildman–Crippen LogP) is 4.38. The Labute approximate surface area is 146 Å². The predicted molar refractivity (Wildman–Crippen MR) is 100.0 cm³/mol. The number of carbonyl (C=O) groups excluding carboxylic acids is 1. The van der Waals surface area contributed by atoms with Crippen molar-refractivity contribution in [3.63, 3.8) is 0 Å². The number of benzene rings is 1. The number of aryl methyl sites for hydroxylation is 2. The summed E-state index contributed by atoms with van der Waals surface area (Å²) in [4.78, 5) is 17.3. The maximum absolute atomic E-state index is 12.6. The number of nitrogens with zero attached hydrogens (tertiary/aromatic N) is 3. The first kappa shape index (κ1) is 16.8. The van der Waals surface area contributed by atoms with Gasteiger partial charge in [0, 0.05) is 30.5 Å². The van der Waals surface area contributed by atoms with E-state index in [0.29, 0.717) is 5.75 Å². The minimum absolute atomic E-state index is 0.163. The largest absolute Gasteiger partial charge is 0.351 e. The maximum atomic E-state index is 12.6. The summed E-state index contributed by atoms with van der Waals surface area (Å²) in [7, 11) is 2.00. The second-order valence-electron chi connectivity index (χ2n) is 6.09. The minimum Gasteiger partial charge on any atom is -0.351 e. The zero-order chi connectivity index (χ0) is 17.3. The molecule has 0 atom stereocenters. The number of imidazole rings is 1. The van der Waals surface area contributed by atoms with Crippen LogP contribution < -0.4 is 0 Å². The summed E-state index contributed by atoms with van der Waals surface area (Å²) in [5, 5.41) is 0.928. The monoisotopic (exact) mass is 341 g/mol. The number of rotatable bonds is 6. The van der Waals surface area contributed by atoms with Crippen LogP contribution in [0.15, 0.2) is 35.5 Å². The van der Waals surface area contributed by atoms with Gasteiger partial charge < -0.3 is 9.13 Å². The van der Waals surface area contributed by atoms with Gasteiger partial charge in [-0.05, 0) is 38.5 Å². The van der Waals surface area contributed by atoms with Crippen molar-refractivity contribution in [2.45, 2.75) is 38.9 Å². The van der Waals surface area contributed by atoms with E-state index in [1.807, 2.05) is 45.2 Å². The van der Waals surface area contributed by atoms with Crippen LogP contribution in [0.5, 0.6) is 0 Å². The number of ketones is 1. The van der Waals surface area contributed by atoms with Crippen molar-refractivity contribution in [1.82, 2.24) is 14.1 Å². The minimum atomic E-state index is 0.163. The average Bonchev–Trinajstić information content (AvgIpc) is 3.06. The molecule has 24 heavy (non-hydrogen) atoms. The van der Waals surface area contributed by atoms with E-state index in [1.54, 1.807) is 0 Å². The summed E-state index contributed by atoms with van der Waals surface area (Å²) in [6.45, 7) is 7.10. The third-order valence-corrected chi connectivity index (χ3v) is 5.45. The molecule has 0 saturated carbocycles. The van der Waals surface area contributed by atoms with Gasteiger partial charge in [-0.3, -0.25) is 4.79 Å². The van der Waals surface area contributed by atoms with Crippen LogP contribution in [0.25, 0.3) is 11.0 Å². The molecule has 0 aliphatic heterocycles. The van der Waals surface area contributed by atoms with Crippen LogP contribution >= 0.6 is 11.8 Å². The van der Waals surface area contributed by atoms with Gasteiger partial charge in [0.15, 0.2) is 10.9 Å². The van der Waals surface area contributed by atoms with Crippen LogP contribution in [-0.2, 0) is 13.6 Å². The molecule has 0 fully saturated rings. The Balaban J connectivity index is 1.83. The van der Waals surface area contributed by atoms with E-state index in [4.69, 9.17) is 4.98 Å². The number of thioether (sulfide) groups is 1. The second kappa shape index (κ2) is 6.85. The lowest BCUT2D eigenvalue weighted by atomic mass is 10.2. The number of hydrogen-bond donors (Lipinski definition) is 0. The first-order valence-electron chi connectivity index (χ1n) is 8.27. The Hall–Kier alpha value is -2.01. The lowest BCUT2D eigenvalue weighted by Crippen LogP contribution is -2.06. The van der Waals surface area contributed by atoms with Gasteiger partial charge in [-0.25, -0.2) is 4.98 Å². The van der Waals surface area contributed by atoms with Gasteiger partial charge in [-0.15, -0.1) is 0 Å². The molecule has 0 bridgehead atoms. The summed E-state index contributed by atoms with van der Waals surface area (Å²) in [5.74, 6) is 0.577. The molecule has 0 spiro atoms. The fraction of sp³-hybridized carbons (Fsp3) is 0.368. The number of fused-ring (bicyclic) bond motifs is 1. The standard InChI is InChI=1S/C19H23N3OS/c1-5-10-22-17-9-7-6-8-16(17)20-19(22)24-12-18(23)15-11-13(2)21(4)14(15)3/h6-9,11H,5,10,12H2,1-4H3. The third-order valence-electron chi connectivity index (χ3n) is 4.47. The first-order valence-corrected chi connectivity index (χ1v) is 9.25. The molecular formula is C19H23N3OS. The molecule has 2 aromatic heterocycles. The van der Waals surface area contributed by atoms with Gasteiger partial charge in [0.25, 0.3) is 0 Å². The molecule has 3 rings (SSSR count). The van der Waals surface area contributed by atoms with Crippen molar-refractivity contribution in [1.29, 1.82) is 0 Å². The van der Waals surface area contributed by atoms with Crippen molar-refractivity contribution in [2.24, 2.45) is 7.05 Å².